The van der Waals surface area contributed by atoms with Gasteiger partial charge in [0, 0.05) is 11.7 Å². The fraction of sp³-hybridized carbons (Fsp3) is 0. The molecule has 0 radical (unpaired) electrons. The maximum Gasteiger partial charge on any atom is 0.157 e. The molecule has 1 heterocycles. The fourth-order valence-corrected chi connectivity index (χ4v) is 1.46. The standard InChI is InChI=1S/C8H7N.C6H6O2/c1-2-4-8-7(3-1)5-6-9-8;7-5-3-1-2-4-6(5)8/h1-6,9H;1-4,7-8H. The van der Waals surface area contributed by atoms with Crippen LogP contribution in [0.4, 0.5) is 0 Å². The van der Waals surface area contributed by atoms with Crippen LogP contribution in [0.2, 0.25) is 0 Å². The summed E-state index contributed by atoms with van der Waals surface area (Å²) in [6.07, 6.45) is 1.95. The van der Waals surface area contributed by atoms with E-state index in [2.05, 4.69) is 23.2 Å². The molecule has 3 nitrogen and oxygen atoms in total. The van der Waals surface area contributed by atoms with Gasteiger partial charge in [0.05, 0.1) is 0 Å². The zero-order chi connectivity index (χ0) is 12.1. The second-order valence-corrected chi connectivity index (χ2v) is 3.55. The Hall–Kier alpha value is -2.42. The van der Waals surface area contributed by atoms with Crippen molar-refractivity contribution in [2.75, 3.05) is 0 Å². The van der Waals surface area contributed by atoms with Gasteiger partial charge in [-0.3, -0.25) is 0 Å². The van der Waals surface area contributed by atoms with Crippen molar-refractivity contribution in [1.29, 1.82) is 0 Å². The van der Waals surface area contributed by atoms with Crippen LogP contribution in [0.5, 0.6) is 11.5 Å². The van der Waals surface area contributed by atoms with Gasteiger partial charge in [-0.25, -0.2) is 0 Å². The molecule has 1 aromatic heterocycles. The number of hydrogen-bond acceptors (Lipinski definition) is 2. The summed E-state index contributed by atoms with van der Waals surface area (Å²) in [5.41, 5.74) is 1.21. The van der Waals surface area contributed by atoms with E-state index < -0.39 is 0 Å². The van der Waals surface area contributed by atoms with Crippen molar-refractivity contribution in [1.82, 2.24) is 4.98 Å². The number of aromatic amines is 1. The van der Waals surface area contributed by atoms with Gasteiger partial charge >= 0.3 is 0 Å². The van der Waals surface area contributed by atoms with Crippen LogP contribution >= 0.6 is 0 Å². The van der Waals surface area contributed by atoms with E-state index in [1.165, 1.54) is 23.0 Å². The first-order valence-electron chi connectivity index (χ1n) is 5.26. The Morgan fingerprint density at radius 3 is 1.88 bits per heavy atom. The summed E-state index contributed by atoms with van der Waals surface area (Å²) in [4.78, 5) is 3.12. The third-order valence-electron chi connectivity index (χ3n) is 2.34. The Morgan fingerprint density at radius 1 is 0.706 bits per heavy atom. The van der Waals surface area contributed by atoms with Gasteiger partial charge in [-0.2, -0.15) is 0 Å². The Balaban J connectivity index is 0.000000128. The molecule has 0 saturated heterocycles. The Labute approximate surface area is 99.0 Å². The molecule has 0 fully saturated rings. The molecule has 0 aliphatic heterocycles. The lowest BCUT2D eigenvalue weighted by Gasteiger charge is -1.91. The van der Waals surface area contributed by atoms with E-state index >= 15 is 0 Å². The molecular weight excluding hydrogens is 214 g/mol. The number of phenols is 2. The molecule has 3 heteroatoms. The minimum Gasteiger partial charge on any atom is -0.504 e. The average Bonchev–Trinajstić information content (AvgIpc) is 2.82. The predicted octanol–water partition coefficient (Wildman–Crippen LogP) is 3.27. The molecule has 3 aromatic rings. The average molecular weight is 227 g/mol. The fourth-order valence-electron chi connectivity index (χ4n) is 1.46. The third-order valence-corrected chi connectivity index (χ3v) is 2.34. The molecule has 17 heavy (non-hydrogen) atoms. The first-order valence-corrected chi connectivity index (χ1v) is 5.26. The van der Waals surface area contributed by atoms with Crippen LogP contribution in [0.3, 0.4) is 0 Å². The monoisotopic (exact) mass is 227 g/mol. The van der Waals surface area contributed by atoms with E-state index in [1.54, 1.807) is 12.1 Å². The van der Waals surface area contributed by atoms with Crippen LogP contribution in [0.1, 0.15) is 0 Å². The molecule has 3 N–H and O–H groups in total. The molecule has 3 rings (SSSR count). The second-order valence-electron chi connectivity index (χ2n) is 3.55. The van der Waals surface area contributed by atoms with Crippen LogP contribution in [-0.2, 0) is 0 Å². The summed E-state index contributed by atoms with van der Waals surface area (Å²) < 4.78 is 0. The van der Waals surface area contributed by atoms with Crippen LogP contribution in [-0.4, -0.2) is 15.2 Å². The van der Waals surface area contributed by atoms with Crippen molar-refractivity contribution in [3.05, 3.63) is 60.8 Å². The van der Waals surface area contributed by atoms with Crippen molar-refractivity contribution in [2.24, 2.45) is 0 Å². The number of rotatable bonds is 0. The maximum absolute atomic E-state index is 8.67. The maximum atomic E-state index is 8.67. The van der Waals surface area contributed by atoms with Gasteiger partial charge in [0.25, 0.3) is 0 Å². The largest absolute Gasteiger partial charge is 0.504 e. The van der Waals surface area contributed by atoms with Crippen molar-refractivity contribution in [3.8, 4) is 11.5 Å². The summed E-state index contributed by atoms with van der Waals surface area (Å²) in [7, 11) is 0. The van der Waals surface area contributed by atoms with Crippen molar-refractivity contribution in [3.63, 3.8) is 0 Å². The summed E-state index contributed by atoms with van der Waals surface area (Å²) in [5.74, 6) is -0.153. The highest BCUT2D eigenvalue weighted by Gasteiger charge is 1.90. The van der Waals surface area contributed by atoms with Crippen LogP contribution < -0.4 is 0 Å². The SMILES string of the molecule is Oc1ccccc1O.c1ccc2[nH]ccc2c1. The van der Waals surface area contributed by atoms with Gasteiger partial charge in [0.15, 0.2) is 11.5 Å². The summed E-state index contributed by atoms with van der Waals surface area (Å²) >= 11 is 0. The van der Waals surface area contributed by atoms with Gasteiger partial charge < -0.3 is 15.2 Å². The smallest absolute Gasteiger partial charge is 0.157 e. The van der Waals surface area contributed by atoms with E-state index in [1.807, 2.05) is 18.3 Å². The number of aromatic nitrogens is 1. The lowest BCUT2D eigenvalue weighted by atomic mass is 10.3. The number of fused-ring (bicyclic) bond motifs is 1. The molecule has 0 unspecified atom stereocenters. The predicted molar refractivity (Wildman–Crippen MR) is 68.1 cm³/mol. The molecule has 0 atom stereocenters. The minimum atomic E-state index is -0.0764. The van der Waals surface area contributed by atoms with Crippen LogP contribution in [0.15, 0.2) is 60.8 Å². The normalized spacial score (nSPS) is 9.65. The van der Waals surface area contributed by atoms with E-state index in [0.717, 1.165) is 0 Å². The molecule has 86 valence electrons. The quantitative estimate of drug-likeness (QED) is 0.516. The summed E-state index contributed by atoms with van der Waals surface area (Å²) in [5, 5.41) is 18.6. The zero-order valence-electron chi connectivity index (χ0n) is 9.17. The molecule has 0 bridgehead atoms. The first-order chi connectivity index (χ1) is 8.27. The highest BCUT2D eigenvalue weighted by molar-refractivity contribution is 5.78. The van der Waals surface area contributed by atoms with Crippen molar-refractivity contribution >= 4 is 10.9 Å². The highest BCUT2D eigenvalue weighted by atomic mass is 16.3. The van der Waals surface area contributed by atoms with E-state index in [0.29, 0.717) is 0 Å². The Morgan fingerprint density at radius 2 is 1.29 bits per heavy atom. The van der Waals surface area contributed by atoms with E-state index in [-0.39, 0.29) is 11.5 Å². The summed E-state index contributed by atoms with van der Waals surface area (Å²) in [6.45, 7) is 0. The minimum absolute atomic E-state index is 0.0764. The van der Waals surface area contributed by atoms with Gasteiger partial charge in [0.1, 0.15) is 0 Å². The van der Waals surface area contributed by atoms with Gasteiger partial charge in [-0.15, -0.1) is 0 Å². The molecule has 0 amide bonds. The van der Waals surface area contributed by atoms with Crippen molar-refractivity contribution in [2.45, 2.75) is 0 Å². The number of hydrogen-bond donors (Lipinski definition) is 3. The molecule has 0 aliphatic carbocycles. The molecule has 0 spiro atoms. The zero-order valence-corrected chi connectivity index (χ0v) is 9.17. The molecule has 2 aromatic carbocycles. The Bertz CT molecular complexity index is 550. The second kappa shape index (κ2) is 5.07. The molecule has 0 saturated carbocycles. The molecular formula is C14H13NO2. The van der Waals surface area contributed by atoms with Gasteiger partial charge in [-0.05, 0) is 29.7 Å². The van der Waals surface area contributed by atoms with E-state index in [9.17, 15) is 0 Å². The van der Waals surface area contributed by atoms with E-state index in [4.69, 9.17) is 10.2 Å². The number of aromatic hydroxyl groups is 2. The summed E-state index contributed by atoms with van der Waals surface area (Å²) in [6, 6.07) is 16.4. The van der Waals surface area contributed by atoms with Crippen LogP contribution in [0.25, 0.3) is 10.9 Å². The van der Waals surface area contributed by atoms with Crippen LogP contribution in [0, 0.1) is 0 Å². The third kappa shape index (κ3) is 2.78. The number of H-pyrrole nitrogens is 1. The number of benzene rings is 2. The van der Waals surface area contributed by atoms with Crippen molar-refractivity contribution < 1.29 is 10.2 Å². The lowest BCUT2D eigenvalue weighted by Crippen LogP contribution is -1.63. The lowest BCUT2D eigenvalue weighted by molar-refractivity contribution is 0.404. The van der Waals surface area contributed by atoms with Gasteiger partial charge in [0.2, 0.25) is 0 Å². The molecule has 0 aliphatic rings. The topological polar surface area (TPSA) is 56.2 Å². The van der Waals surface area contributed by atoms with Gasteiger partial charge in [-0.1, -0.05) is 30.3 Å². The number of para-hydroxylation sites is 3. The number of nitrogens with one attached hydrogen (secondary N) is 1. The highest BCUT2D eigenvalue weighted by Crippen LogP contribution is 2.21. The number of phenolic OH excluding ortho intramolecular Hbond substituents is 2. The first kappa shape index (κ1) is 11.1. The Kier molecular flexibility index (Phi) is 3.31.